The summed E-state index contributed by atoms with van der Waals surface area (Å²) in [6.45, 7) is 6.75. The van der Waals surface area contributed by atoms with Crippen molar-refractivity contribution >= 4 is 0 Å². The number of fused-ring (bicyclic) bond motifs is 4. The molecule has 0 radical (unpaired) electrons. The lowest BCUT2D eigenvalue weighted by molar-refractivity contribution is 0.00411. The molecule has 0 spiro atoms. The molecule has 4 rings (SSSR count). The third kappa shape index (κ3) is 2.29. The third-order valence-corrected chi connectivity index (χ3v) is 6.58. The van der Waals surface area contributed by atoms with Crippen LogP contribution in [-0.4, -0.2) is 22.6 Å². The highest BCUT2D eigenvalue weighted by Gasteiger charge is 2.51. The van der Waals surface area contributed by atoms with E-state index in [1.165, 1.54) is 29.5 Å². The molecule has 0 unspecified atom stereocenters. The fraction of sp³-hybridized carbons (Fsp3) is 0.524. The number of rotatable bonds is 4. The van der Waals surface area contributed by atoms with Crippen molar-refractivity contribution in [2.24, 2.45) is 5.92 Å². The Kier molecular flexibility index (Phi) is 3.92. The van der Waals surface area contributed by atoms with Gasteiger partial charge in [0, 0.05) is 23.6 Å². The van der Waals surface area contributed by atoms with E-state index in [1.807, 2.05) is 18.4 Å². The average Bonchev–Trinajstić information content (AvgIpc) is 3.10. The Bertz CT molecular complexity index is 709. The zero-order chi connectivity index (χ0) is 16.7. The topological polar surface area (TPSA) is 36.6 Å². The number of nitrogens with zero attached hydrogens (tertiary/aromatic N) is 1. The van der Waals surface area contributed by atoms with E-state index in [1.54, 1.807) is 6.26 Å². The summed E-state index contributed by atoms with van der Waals surface area (Å²) in [7, 11) is 0. The van der Waals surface area contributed by atoms with Crippen LogP contribution in [0.2, 0.25) is 0 Å². The first-order valence-electron chi connectivity index (χ1n) is 9.25. The summed E-state index contributed by atoms with van der Waals surface area (Å²) in [4.78, 5) is 2.66. The SMILES string of the molecule is CC[C@H]1[C@H]2Cc3ccc(O)cc3[C@@]1(CC)CCN2Cc1ccoc1. The Morgan fingerprint density at radius 1 is 1.29 bits per heavy atom. The number of aromatic hydroxyl groups is 1. The summed E-state index contributed by atoms with van der Waals surface area (Å²) in [6.07, 6.45) is 8.25. The smallest absolute Gasteiger partial charge is 0.115 e. The predicted octanol–water partition coefficient (Wildman–Crippen LogP) is 4.49. The zero-order valence-electron chi connectivity index (χ0n) is 14.7. The van der Waals surface area contributed by atoms with Gasteiger partial charge < -0.3 is 9.52 Å². The van der Waals surface area contributed by atoms with Gasteiger partial charge in [-0.1, -0.05) is 26.3 Å². The van der Waals surface area contributed by atoms with Gasteiger partial charge in [-0.3, -0.25) is 4.90 Å². The van der Waals surface area contributed by atoms with Gasteiger partial charge in [0.2, 0.25) is 0 Å². The summed E-state index contributed by atoms with van der Waals surface area (Å²) < 4.78 is 5.27. The van der Waals surface area contributed by atoms with Gasteiger partial charge in [-0.15, -0.1) is 0 Å². The van der Waals surface area contributed by atoms with Gasteiger partial charge in [-0.05, 0) is 61.1 Å². The first-order valence-corrected chi connectivity index (χ1v) is 9.25. The summed E-state index contributed by atoms with van der Waals surface area (Å²) in [5.74, 6) is 1.06. The second-order valence-corrected chi connectivity index (χ2v) is 7.49. The fourth-order valence-corrected chi connectivity index (χ4v) is 5.46. The average molecular weight is 325 g/mol. The molecule has 1 aliphatic carbocycles. The molecule has 3 heteroatoms. The Hall–Kier alpha value is -1.74. The van der Waals surface area contributed by atoms with Gasteiger partial charge in [0.25, 0.3) is 0 Å². The van der Waals surface area contributed by atoms with E-state index in [0.717, 1.165) is 25.9 Å². The molecule has 2 aromatic rings. The van der Waals surface area contributed by atoms with E-state index in [9.17, 15) is 5.11 Å². The first-order chi connectivity index (χ1) is 11.7. The Morgan fingerprint density at radius 2 is 2.17 bits per heavy atom. The molecule has 0 saturated carbocycles. The van der Waals surface area contributed by atoms with Crippen molar-refractivity contribution in [2.45, 2.75) is 57.5 Å². The highest BCUT2D eigenvalue weighted by molar-refractivity contribution is 5.44. The predicted molar refractivity (Wildman–Crippen MR) is 95.1 cm³/mol. The molecule has 24 heavy (non-hydrogen) atoms. The minimum atomic E-state index is 0.221. The van der Waals surface area contributed by atoms with Crippen molar-refractivity contribution < 1.29 is 9.52 Å². The van der Waals surface area contributed by atoms with Crippen LogP contribution >= 0.6 is 0 Å². The summed E-state index contributed by atoms with van der Waals surface area (Å²) in [5.41, 5.74) is 4.33. The molecule has 2 bridgehead atoms. The largest absolute Gasteiger partial charge is 0.508 e. The van der Waals surface area contributed by atoms with Crippen molar-refractivity contribution in [3.05, 3.63) is 53.5 Å². The second kappa shape index (κ2) is 5.96. The van der Waals surface area contributed by atoms with Crippen LogP contribution in [0.3, 0.4) is 0 Å². The molecule has 1 fully saturated rings. The second-order valence-electron chi connectivity index (χ2n) is 7.49. The summed E-state index contributed by atoms with van der Waals surface area (Å²) in [6, 6.07) is 8.71. The summed E-state index contributed by atoms with van der Waals surface area (Å²) >= 11 is 0. The van der Waals surface area contributed by atoms with E-state index in [2.05, 4.69) is 30.9 Å². The van der Waals surface area contributed by atoms with Gasteiger partial charge in [0.15, 0.2) is 0 Å². The maximum atomic E-state index is 10.1. The van der Waals surface area contributed by atoms with Crippen molar-refractivity contribution in [1.82, 2.24) is 4.90 Å². The number of phenolic OH excluding ortho intramolecular Hbond substituents is 1. The fourth-order valence-electron chi connectivity index (χ4n) is 5.46. The molecule has 1 aromatic carbocycles. The van der Waals surface area contributed by atoms with Crippen LogP contribution in [-0.2, 0) is 18.4 Å². The molecule has 2 aliphatic rings. The van der Waals surface area contributed by atoms with Crippen molar-refractivity contribution in [2.75, 3.05) is 6.54 Å². The minimum absolute atomic E-state index is 0.221. The number of hydrogen-bond donors (Lipinski definition) is 1. The Balaban J connectivity index is 1.74. The van der Waals surface area contributed by atoms with Crippen LogP contribution < -0.4 is 0 Å². The molecule has 0 amide bonds. The first kappa shape index (κ1) is 15.8. The number of hydrogen-bond acceptors (Lipinski definition) is 3. The number of furan rings is 1. The molecule has 2 heterocycles. The van der Waals surface area contributed by atoms with Crippen LogP contribution in [0.1, 0.15) is 49.8 Å². The maximum Gasteiger partial charge on any atom is 0.115 e. The molecule has 1 saturated heterocycles. The minimum Gasteiger partial charge on any atom is -0.508 e. The molecule has 3 atom stereocenters. The molecule has 1 N–H and O–H groups in total. The third-order valence-electron chi connectivity index (χ3n) is 6.58. The normalized spacial score (nSPS) is 29.4. The molecule has 3 nitrogen and oxygen atoms in total. The number of phenols is 1. The van der Waals surface area contributed by atoms with E-state index in [-0.39, 0.29) is 5.41 Å². The lowest BCUT2D eigenvalue weighted by Gasteiger charge is -2.57. The van der Waals surface area contributed by atoms with E-state index in [4.69, 9.17) is 4.42 Å². The number of benzene rings is 1. The molecular formula is C21H27NO2. The molecule has 128 valence electrons. The van der Waals surface area contributed by atoms with Gasteiger partial charge >= 0.3 is 0 Å². The van der Waals surface area contributed by atoms with Crippen LogP contribution in [0.5, 0.6) is 5.75 Å². The molecular weight excluding hydrogens is 298 g/mol. The monoisotopic (exact) mass is 325 g/mol. The van der Waals surface area contributed by atoms with Gasteiger partial charge in [0.1, 0.15) is 5.75 Å². The van der Waals surface area contributed by atoms with Gasteiger partial charge in [-0.2, -0.15) is 0 Å². The lowest BCUT2D eigenvalue weighted by Crippen LogP contribution is -2.59. The standard InChI is InChI=1S/C21H27NO2/c1-3-18-20-11-16-5-6-17(23)12-19(16)21(18,4-2)8-9-22(20)13-15-7-10-24-14-15/h5-7,10,12,14,18,20,23H,3-4,8-9,11,13H2,1-2H3/t18-,20+,21-/m0/s1. The van der Waals surface area contributed by atoms with Crippen LogP contribution in [0, 0.1) is 5.92 Å². The van der Waals surface area contributed by atoms with Crippen LogP contribution in [0.15, 0.2) is 41.2 Å². The highest BCUT2D eigenvalue weighted by atomic mass is 16.3. The summed E-state index contributed by atoms with van der Waals surface area (Å²) in [5, 5.41) is 10.1. The van der Waals surface area contributed by atoms with Crippen molar-refractivity contribution in [3.63, 3.8) is 0 Å². The molecule has 1 aromatic heterocycles. The zero-order valence-corrected chi connectivity index (χ0v) is 14.7. The number of piperidine rings is 1. The number of likely N-dealkylation sites (tertiary alicyclic amines) is 1. The quantitative estimate of drug-likeness (QED) is 0.900. The maximum absolute atomic E-state index is 10.1. The highest BCUT2D eigenvalue weighted by Crippen LogP contribution is 2.52. The van der Waals surface area contributed by atoms with Crippen LogP contribution in [0.25, 0.3) is 0 Å². The molecule has 1 aliphatic heterocycles. The Morgan fingerprint density at radius 3 is 2.88 bits per heavy atom. The van der Waals surface area contributed by atoms with Gasteiger partial charge in [-0.25, -0.2) is 0 Å². The van der Waals surface area contributed by atoms with Gasteiger partial charge in [0.05, 0.1) is 12.5 Å². The Labute approximate surface area is 144 Å². The van der Waals surface area contributed by atoms with E-state index < -0.39 is 0 Å². The van der Waals surface area contributed by atoms with Crippen LogP contribution in [0.4, 0.5) is 0 Å². The van der Waals surface area contributed by atoms with Crippen molar-refractivity contribution in [3.8, 4) is 5.75 Å². The van der Waals surface area contributed by atoms with E-state index in [0.29, 0.717) is 17.7 Å². The van der Waals surface area contributed by atoms with Crippen molar-refractivity contribution in [1.29, 1.82) is 0 Å². The van der Waals surface area contributed by atoms with E-state index >= 15 is 0 Å². The lowest BCUT2D eigenvalue weighted by atomic mass is 9.55.